The molecule has 1 N–H and O–H groups in total. The van der Waals surface area contributed by atoms with Crippen molar-refractivity contribution in [3.8, 4) is 0 Å². The van der Waals surface area contributed by atoms with Crippen molar-refractivity contribution in [3.05, 3.63) is 0 Å². The van der Waals surface area contributed by atoms with Crippen LogP contribution in [0.25, 0.3) is 0 Å². The molecule has 0 spiro atoms. The van der Waals surface area contributed by atoms with Gasteiger partial charge in [0.15, 0.2) is 6.29 Å². The van der Waals surface area contributed by atoms with Gasteiger partial charge < -0.3 is 0 Å². The SMILES string of the molecule is CC([NH])C[C]=O. The molecular formula is C4H7NO. The quantitative estimate of drug-likeness (QED) is 0.470. The fourth-order valence-corrected chi connectivity index (χ4v) is 0.125. The molecule has 0 aliphatic rings. The summed E-state index contributed by atoms with van der Waals surface area (Å²) in [5, 5.41) is 0. The lowest BCUT2D eigenvalue weighted by Crippen LogP contribution is -2.01. The molecule has 6 heavy (non-hydrogen) atoms. The first kappa shape index (κ1) is 5.63. The summed E-state index contributed by atoms with van der Waals surface area (Å²) in [4.78, 5) is 9.37. The van der Waals surface area contributed by atoms with Crippen LogP contribution in [0.5, 0.6) is 0 Å². The third-order valence-electron chi connectivity index (χ3n) is 0.390. The lowest BCUT2D eigenvalue weighted by atomic mass is 10.3. The van der Waals surface area contributed by atoms with Gasteiger partial charge in [0.25, 0.3) is 0 Å². The maximum atomic E-state index is 9.37. The minimum absolute atomic E-state index is 0.236. The zero-order chi connectivity index (χ0) is 4.99. The molecule has 0 saturated heterocycles. The Kier molecular flexibility index (Phi) is 2.67. The predicted molar refractivity (Wildman–Crippen MR) is 22.9 cm³/mol. The molecule has 0 heterocycles. The van der Waals surface area contributed by atoms with Crippen molar-refractivity contribution in [2.75, 3.05) is 0 Å². The Bertz CT molecular complexity index is 42.8. The maximum absolute atomic E-state index is 9.37. The van der Waals surface area contributed by atoms with Gasteiger partial charge in [0, 0.05) is 12.5 Å². The van der Waals surface area contributed by atoms with Gasteiger partial charge in [-0.05, 0) is 6.92 Å². The summed E-state index contributed by atoms with van der Waals surface area (Å²) in [6, 6.07) is -0.275. The highest BCUT2D eigenvalue weighted by molar-refractivity contribution is 5.51. The molecule has 0 bridgehead atoms. The van der Waals surface area contributed by atoms with E-state index in [0.717, 1.165) is 0 Å². The fourth-order valence-electron chi connectivity index (χ4n) is 0.125. The van der Waals surface area contributed by atoms with Crippen molar-refractivity contribution in [2.24, 2.45) is 0 Å². The second-order valence-corrected chi connectivity index (χ2v) is 1.25. The van der Waals surface area contributed by atoms with E-state index in [9.17, 15) is 4.79 Å². The van der Waals surface area contributed by atoms with E-state index in [-0.39, 0.29) is 12.5 Å². The average molecular weight is 85.1 g/mol. The monoisotopic (exact) mass is 85.1 g/mol. The van der Waals surface area contributed by atoms with Crippen molar-refractivity contribution in [3.63, 3.8) is 0 Å². The Labute approximate surface area is 37.3 Å². The molecule has 0 aromatic rings. The highest BCUT2D eigenvalue weighted by Gasteiger charge is 1.88. The number of carbonyl (C=O) groups excluding carboxylic acids is 1. The molecule has 0 aliphatic heterocycles. The van der Waals surface area contributed by atoms with Gasteiger partial charge in [0.05, 0.1) is 0 Å². The van der Waals surface area contributed by atoms with Crippen molar-refractivity contribution in [1.29, 1.82) is 0 Å². The predicted octanol–water partition coefficient (Wildman–Crippen LogP) is 0.158. The molecule has 1 atom stereocenters. The van der Waals surface area contributed by atoms with Crippen molar-refractivity contribution in [1.82, 2.24) is 5.73 Å². The van der Waals surface area contributed by atoms with Crippen LogP contribution in [0.2, 0.25) is 0 Å². The van der Waals surface area contributed by atoms with Crippen LogP contribution < -0.4 is 5.73 Å². The minimum atomic E-state index is -0.275. The molecule has 0 aliphatic carbocycles. The topological polar surface area (TPSA) is 40.9 Å². The van der Waals surface area contributed by atoms with Gasteiger partial charge in [-0.1, -0.05) is 0 Å². The van der Waals surface area contributed by atoms with Crippen LogP contribution in [0.3, 0.4) is 0 Å². The first-order valence-corrected chi connectivity index (χ1v) is 1.83. The molecule has 0 rings (SSSR count). The zero-order valence-corrected chi connectivity index (χ0v) is 3.69. The summed E-state index contributed by atoms with van der Waals surface area (Å²) in [7, 11) is 0. The minimum Gasteiger partial charge on any atom is -0.291 e. The van der Waals surface area contributed by atoms with E-state index < -0.39 is 0 Å². The zero-order valence-electron chi connectivity index (χ0n) is 3.69. The van der Waals surface area contributed by atoms with Crippen LogP contribution in [0, 0.1) is 0 Å². The molecule has 0 saturated carbocycles. The van der Waals surface area contributed by atoms with Gasteiger partial charge in [0.2, 0.25) is 0 Å². The third-order valence-corrected chi connectivity index (χ3v) is 0.390. The third kappa shape index (κ3) is 3.63. The summed E-state index contributed by atoms with van der Waals surface area (Å²) in [6.45, 7) is 1.66. The van der Waals surface area contributed by atoms with Crippen LogP contribution in [0.4, 0.5) is 0 Å². The average Bonchev–Trinajstić information content (AvgIpc) is 1.35. The standard InChI is InChI=1S/C4H7NO/c1-4(5)2-3-6/h4-5H,2H2,1H3. The Morgan fingerprint density at radius 3 is 2.50 bits per heavy atom. The van der Waals surface area contributed by atoms with Crippen molar-refractivity contribution >= 4 is 6.29 Å². The molecular weight excluding hydrogens is 78.0 g/mol. The number of hydrogen-bond acceptors (Lipinski definition) is 1. The molecule has 2 radical (unpaired) electrons. The summed E-state index contributed by atoms with van der Waals surface area (Å²) in [5.74, 6) is 0. The Morgan fingerprint density at radius 2 is 2.50 bits per heavy atom. The summed E-state index contributed by atoms with van der Waals surface area (Å²) < 4.78 is 0. The van der Waals surface area contributed by atoms with Crippen LogP contribution in [-0.4, -0.2) is 12.3 Å². The molecule has 0 aromatic heterocycles. The summed E-state index contributed by atoms with van der Waals surface area (Å²) in [5.41, 5.74) is 6.72. The second-order valence-electron chi connectivity index (χ2n) is 1.25. The maximum Gasteiger partial charge on any atom is 0.200 e. The van der Waals surface area contributed by atoms with Gasteiger partial charge in [-0.25, -0.2) is 0 Å². The van der Waals surface area contributed by atoms with E-state index >= 15 is 0 Å². The summed E-state index contributed by atoms with van der Waals surface area (Å²) >= 11 is 0. The normalized spacial score (nSPS) is 13.7. The van der Waals surface area contributed by atoms with Crippen molar-refractivity contribution < 1.29 is 4.79 Å². The van der Waals surface area contributed by atoms with Gasteiger partial charge in [0.1, 0.15) is 0 Å². The molecule has 1 unspecified atom stereocenters. The summed E-state index contributed by atoms with van der Waals surface area (Å²) in [6.07, 6.45) is 1.87. The van der Waals surface area contributed by atoms with Crippen LogP contribution in [0.15, 0.2) is 0 Å². The van der Waals surface area contributed by atoms with Crippen LogP contribution >= 0.6 is 0 Å². The smallest absolute Gasteiger partial charge is 0.200 e. The lowest BCUT2D eigenvalue weighted by molar-refractivity contribution is 0.543. The first-order chi connectivity index (χ1) is 2.77. The van der Waals surface area contributed by atoms with Crippen LogP contribution in [-0.2, 0) is 4.79 Å². The van der Waals surface area contributed by atoms with E-state index in [1.54, 1.807) is 13.2 Å². The highest BCUT2D eigenvalue weighted by atomic mass is 16.1. The first-order valence-electron chi connectivity index (χ1n) is 1.83. The van der Waals surface area contributed by atoms with Crippen LogP contribution in [0.1, 0.15) is 13.3 Å². The number of hydrogen-bond donors (Lipinski definition) is 0. The van der Waals surface area contributed by atoms with E-state index in [4.69, 9.17) is 5.73 Å². The molecule has 2 heteroatoms. The number of nitrogens with one attached hydrogen (secondary N) is 1. The molecule has 0 aromatic carbocycles. The van der Waals surface area contributed by atoms with Crippen molar-refractivity contribution in [2.45, 2.75) is 19.4 Å². The lowest BCUT2D eigenvalue weighted by Gasteiger charge is -1.88. The molecule has 34 valence electrons. The molecule has 0 fully saturated rings. The Morgan fingerprint density at radius 1 is 2.00 bits per heavy atom. The fraction of sp³-hybridized carbons (Fsp3) is 0.750. The van der Waals surface area contributed by atoms with E-state index in [1.807, 2.05) is 0 Å². The van der Waals surface area contributed by atoms with Gasteiger partial charge in [-0.3, -0.25) is 10.5 Å². The highest BCUT2D eigenvalue weighted by Crippen LogP contribution is 1.78. The van der Waals surface area contributed by atoms with E-state index in [0.29, 0.717) is 0 Å². The second kappa shape index (κ2) is 2.85. The van der Waals surface area contributed by atoms with Gasteiger partial charge in [-0.2, -0.15) is 0 Å². The largest absolute Gasteiger partial charge is 0.291 e. The molecule has 0 amide bonds. The Hall–Kier alpha value is -0.370. The number of rotatable bonds is 2. The van der Waals surface area contributed by atoms with Gasteiger partial charge in [-0.15, -0.1) is 0 Å². The Balaban J connectivity index is 2.81. The van der Waals surface area contributed by atoms with E-state index in [2.05, 4.69) is 0 Å². The van der Waals surface area contributed by atoms with Gasteiger partial charge >= 0.3 is 0 Å². The van der Waals surface area contributed by atoms with E-state index in [1.165, 1.54) is 0 Å². The molecule has 2 nitrogen and oxygen atoms in total.